The smallest absolute Gasteiger partial charge is 0.416 e. The van der Waals surface area contributed by atoms with Crippen molar-refractivity contribution in [3.8, 4) is 22.3 Å². The van der Waals surface area contributed by atoms with Crippen LogP contribution in [0.5, 0.6) is 0 Å². The number of benzene rings is 3. The largest absolute Gasteiger partial charge is 0.478 e. The Morgan fingerprint density at radius 1 is 0.900 bits per heavy atom. The summed E-state index contributed by atoms with van der Waals surface area (Å²) in [7, 11) is 0. The minimum absolute atomic E-state index is 0.0229. The number of carboxylic acids is 1. The summed E-state index contributed by atoms with van der Waals surface area (Å²) in [5, 5.41) is 9.32. The van der Waals surface area contributed by atoms with Crippen molar-refractivity contribution in [2.24, 2.45) is 0 Å². The first kappa shape index (κ1) is 34.6. The standard InChI is InChI=1S/C34H26F8N4O4/c1-16-8-18(30(47)48)4-5-22(16)23-12-24(27(36)13-26(23)35)25-14-43-31(45-6-3-7-45)44-28(25)15-46-17(2)29(50-32(46)49)19-9-20(33(37,38)39)11-21(10-19)34(40,41)42/h4-5,8-14,17,29H,3,6-7,15H2,1-2H3,(H,47,48)/t17?,29-/m0/s1. The fraction of sp³-hybridized carbons (Fsp3) is 0.294. The average Bonchev–Trinajstić information content (AvgIpc) is 3.28. The molecule has 2 aliphatic rings. The van der Waals surface area contributed by atoms with Gasteiger partial charge in [-0.2, -0.15) is 26.3 Å². The summed E-state index contributed by atoms with van der Waals surface area (Å²) in [6.45, 7) is 3.69. The Morgan fingerprint density at radius 3 is 2.06 bits per heavy atom. The molecule has 1 N–H and O–H groups in total. The van der Waals surface area contributed by atoms with Gasteiger partial charge in [0.2, 0.25) is 5.95 Å². The molecule has 2 saturated heterocycles. The van der Waals surface area contributed by atoms with Gasteiger partial charge in [0.15, 0.2) is 0 Å². The molecule has 1 amide bonds. The third-order valence-corrected chi connectivity index (χ3v) is 8.76. The van der Waals surface area contributed by atoms with Crippen LogP contribution in [-0.4, -0.2) is 51.2 Å². The number of alkyl halides is 6. The number of hydrogen-bond donors (Lipinski definition) is 1. The van der Waals surface area contributed by atoms with Crippen LogP contribution < -0.4 is 4.90 Å². The Labute approximate surface area is 278 Å². The molecule has 50 heavy (non-hydrogen) atoms. The van der Waals surface area contributed by atoms with E-state index in [4.69, 9.17) is 4.74 Å². The van der Waals surface area contributed by atoms with Gasteiger partial charge in [-0.3, -0.25) is 4.90 Å². The van der Waals surface area contributed by atoms with Crippen LogP contribution in [0.15, 0.2) is 54.7 Å². The van der Waals surface area contributed by atoms with Gasteiger partial charge in [-0.05, 0) is 73.4 Å². The molecule has 2 fully saturated rings. The van der Waals surface area contributed by atoms with Crippen LogP contribution >= 0.6 is 0 Å². The molecule has 1 unspecified atom stereocenters. The zero-order valence-corrected chi connectivity index (χ0v) is 26.2. The average molecular weight is 707 g/mol. The summed E-state index contributed by atoms with van der Waals surface area (Å²) in [6.07, 6.45) is -10.7. The number of carboxylic acid groups (broad SMARTS) is 1. The van der Waals surface area contributed by atoms with E-state index in [9.17, 15) is 41.0 Å². The maximum Gasteiger partial charge on any atom is 0.416 e. The van der Waals surface area contributed by atoms with Crippen molar-refractivity contribution in [3.05, 3.63) is 99.9 Å². The minimum Gasteiger partial charge on any atom is -0.478 e. The summed E-state index contributed by atoms with van der Waals surface area (Å²) < 4.78 is 118. The molecule has 0 saturated carbocycles. The van der Waals surface area contributed by atoms with Gasteiger partial charge in [-0.1, -0.05) is 6.07 Å². The topological polar surface area (TPSA) is 95.9 Å². The monoisotopic (exact) mass is 706 g/mol. The second kappa shape index (κ2) is 12.6. The van der Waals surface area contributed by atoms with E-state index < -0.39 is 71.4 Å². The molecule has 262 valence electrons. The summed E-state index contributed by atoms with van der Waals surface area (Å²) in [4.78, 5) is 36.3. The van der Waals surface area contributed by atoms with Crippen molar-refractivity contribution in [2.75, 3.05) is 18.0 Å². The highest BCUT2D eigenvalue weighted by molar-refractivity contribution is 5.89. The number of nitrogens with zero attached hydrogens (tertiary/aromatic N) is 4. The normalized spacial score (nSPS) is 17.9. The SMILES string of the molecule is Cc1cc(C(=O)O)ccc1-c1cc(-c2cnc(N3CCC3)nc2CN2C(=O)O[C@H](c3cc(C(F)(F)F)cc(C(F)(F)F)c3)C2C)c(F)cc1F. The van der Waals surface area contributed by atoms with Crippen LogP contribution in [-0.2, 0) is 23.6 Å². The second-order valence-corrected chi connectivity index (χ2v) is 12.0. The highest BCUT2D eigenvalue weighted by Crippen LogP contribution is 2.42. The predicted molar refractivity (Wildman–Crippen MR) is 162 cm³/mol. The van der Waals surface area contributed by atoms with Gasteiger partial charge in [0.1, 0.15) is 17.7 Å². The number of anilines is 1. The fourth-order valence-electron chi connectivity index (χ4n) is 5.95. The molecular formula is C34H26F8N4O4. The lowest BCUT2D eigenvalue weighted by Crippen LogP contribution is -2.39. The van der Waals surface area contributed by atoms with Crippen molar-refractivity contribution in [1.82, 2.24) is 14.9 Å². The van der Waals surface area contributed by atoms with Crippen LogP contribution in [0.25, 0.3) is 22.3 Å². The van der Waals surface area contributed by atoms with Gasteiger partial charge < -0.3 is 14.7 Å². The Balaban J connectivity index is 1.41. The number of carbonyl (C=O) groups is 2. The van der Waals surface area contributed by atoms with E-state index >= 15 is 8.78 Å². The zero-order chi connectivity index (χ0) is 36.3. The molecule has 2 aliphatic heterocycles. The van der Waals surface area contributed by atoms with Gasteiger partial charge in [0.25, 0.3) is 0 Å². The van der Waals surface area contributed by atoms with Crippen LogP contribution in [0.3, 0.4) is 0 Å². The first-order valence-corrected chi connectivity index (χ1v) is 15.1. The van der Waals surface area contributed by atoms with Gasteiger partial charge in [0, 0.05) is 42.0 Å². The maximum atomic E-state index is 15.6. The predicted octanol–water partition coefficient (Wildman–Crippen LogP) is 8.43. The lowest BCUT2D eigenvalue weighted by molar-refractivity contribution is -0.143. The summed E-state index contributed by atoms with van der Waals surface area (Å²) in [5.74, 6) is -2.95. The van der Waals surface area contributed by atoms with Gasteiger partial charge in [0.05, 0.1) is 35.0 Å². The third kappa shape index (κ3) is 6.53. The Bertz CT molecular complexity index is 1980. The molecule has 4 aromatic rings. The lowest BCUT2D eigenvalue weighted by atomic mass is 9.94. The number of aryl methyl sites for hydroxylation is 1. The first-order chi connectivity index (χ1) is 23.4. The first-order valence-electron chi connectivity index (χ1n) is 15.1. The van der Waals surface area contributed by atoms with E-state index in [0.29, 0.717) is 36.9 Å². The van der Waals surface area contributed by atoms with E-state index in [1.165, 1.54) is 37.4 Å². The van der Waals surface area contributed by atoms with Crippen LogP contribution in [0.1, 0.15) is 57.8 Å². The highest BCUT2D eigenvalue weighted by Gasteiger charge is 2.44. The molecule has 3 heterocycles. The molecule has 1 aromatic heterocycles. The zero-order valence-electron chi connectivity index (χ0n) is 26.2. The van der Waals surface area contributed by atoms with Crippen LogP contribution in [0, 0.1) is 18.6 Å². The number of carbonyl (C=O) groups excluding carboxylic acids is 1. The second-order valence-electron chi connectivity index (χ2n) is 12.0. The number of hydrogen-bond acceptors (Lipinski definition) is 6. The molecule has 16 heteroatoms. The number of cyclic esters (lactones) is 1. The van der Waals surface area contributed by atoms with Crippen molar-refractivity contribution in [2.45, 2.75) is 51.3 Å². The van der Waals surface area contributed by atoms with Gasteiger partial charge in [-0.15, -0.1) is 0 Å². The van der Waals surface area contributed by atoms with E-state index in [0.717, 1.165) is 11.3 Å². The molecule has 8 nitrogen and oxygen atoms in total. The van der Waals surface area contributed by atoms with Crippen molar-refractivity contribution in [3.63, 3.8) is 0 Å². The van der Waals surface area contributed by atoms with Crippen LogP contribution in [0.4, 0.5) is 45.9 Å². The molecule has 0 aliphatic carbocycles. The number of ether oxygens (including phenoxy) is 1. The van der Waals surface area contributed by atoms with Crippen molar-refractivity contribution >= 4 is 18.0 Å². The van der Waals surface area contributed by atoms with Crippen molar-refractivity contribution < 1.29 is 54.6 Å². The molecule has 0 spiro atoms. The summed E-state index contributed by atoms with van der Waals surface area (Å²) >= 11 is 0. The molecule has 3 aromatic carbocycles. The number of aromatic nitrogens is 2. The summed E-state index contributed by atoms with van der Waals surface area (Å²) in [5.41, 5.74) is -3.26. The van der Waals surface area contributed by atoms with Gasteiger partial charge >= 0.3 is 24.4 Å². The Hall–Kier alpha value is -5.28. The molecular weight excluding hydrogens is 680 g/mol. The number of rotatable bonds is 7. The van der Waals surface area contributed by atoms with Crippen molar-refractivity contribution in [1.29, 1.82) is 0 Å². The van der Waals surface area contributed by atoms with Crippen LogP contribution in [0.2, 0.25) is 0 Å². The van der Waals surface area contributed by atoms with E-state index in [1.807, 2.05) is 0 Å². The molecule has 2 atom stereocenters. The highest BCUT2D eigenvalue weighted by atomic mass is 19.4. The van der Waals surface area contributed by atoms with E-state index in [2.05, 4.69) is 9.97 Å². The molecule has 0 radical (unpaired) electrons. The van der Waals surface area contributed by atoms with E-state index in [-0.39, 0.29) is 45.5 Å². The maximum absolute atomic E-state index is 15.6. The lowest BCUT2D eigenvalue weighted by Gasteiger charge is -2.31. The van der Waals surface area contributed by atoms with E-state index in [1.54, 1.807) is 11.8 Å². The Morgan fingerprint density at radius 2 is 1.52 bits per heavy atom. The number of amides is 1. The molecule has 0 bridgehead atoms. The van der Waals surface area contributed by atoms with Gasteiger partial charge in [-0.25, -0.2) is 28.3 Å². The minimum atomic E-state index is -5.13. The fourth-order valence-corrected chi connectivity index (χ4v) is 5.95. The number of aromatic carboxylic acids is 1. The summed E-state index contributed by atoms with van der Waals surface area (Å²) in [6, 6.07) is 5.64. The third-order valence-electron chi connectivity index (χ3n) is 8.76. The Kier molecular flexibility index (Phi) is 8.68. The quantitative estimate of drug-likeness (QED) is 0.193. The number of halogens is 8. The molecule has 6 rings (SSSR count).